The maximum absolute atomic E-state index is 15.5. The molecule has 2 saturated heterocycles. The maximum atomic E-state index is 15.5. The Labute approximate surface area is 622 Å². The first-order valence-corrected chi connectivity index (χ1v) is 37.5. The van der Waals surface area contributed by atoms with Gasteiger partial charge < -0.3 is 75.6 Å². The number of carbonyl (C=O) groups excluding carboxylic acids is 13. The summed E-state index contributed by atoms with van der Waals surface area (Å²) in [6.07, 6.45) is 1.30. The molecule has 10 atom stereocenters. The number of likely N-dealkylation sites (N-methyl/N-ethyl adjacent to an activating group) is 6. The summed E-state index contributed by atoms with van der Waals surface area (Å²) in [4.78, 5) is 204. The number of aliphatic hydroxyl groups excluding tert-OH is 1. The lowest BCUT2D eigenvalue weighted by Gasteiger charge is -2.37. The summed E-state index contributed by atoms with van der Waals surface area (Å²) in [7, 11) is 8.35. The molecule has 0 unspecified atom stereocenters. The minimum Gasteiger partial charge on any atom is -0.391 e. The van der Waals surface area contributed by atoms with Gasteiger partial charge in [0.2, 0.25) is 76.8 Å². The van der Waals surface area contributed by atoms with Crippen LogP contribution in [0, 0.1) is 23.7 Å². The van der Waals surface area contributed by atoms with E-state index in [0.29, 0.717) is 56.3 Å². The van der Waals surface area contributed by atoms with Crippen LogP contribution < -0.4 is 26.6 Å². The van der Waals surface area contributed by atoms with Crippen molar-refractivity contribution in [3.63, 3.8) is 0 Å². The maximum Gasteiger partial charge on any atom is 0.248 e. The molecule has 2 fully saturated rings. The number of hydrogen-bond acceptors (Lipinski definition) is 15. The summed E-state index contributed by atoms with van der Waals surface area (Å²) in [6, 6.07) is 4.84. The molecule has 2 aromatic rings. The third kappa shape index (κ3) is 27.4. The minimum absolute atomic E-state index is 0.0198. The predicted molar refractivity (Wildman–Crippen MR) is 399 cm³/mol. The average molecular weight is 1470 g/mol. The van der Waals surface area contributed by atoms with Crippen LogP contribution >= 0.6 is 0 Å². The van der Waals surface area contributed by atoms with E-state index in [0.717, 1.165) is 21.1 Å². The molecule has 0 radical (unpaired) electrons. The summed E-state index contributed by atoms with van der Waals surface area (Å²) in [5.74, 6) is -10.5. The number of amides is 13. The molecule has 105 heavy (non-hydrogen) atoms. The molecule has 0 aliphatic carbocycles. The van der Waals surface area contributed by atoms with Crippen LogP contribution in [0.3, 0.4) is 0 Å². The number of carbonyl (C=O) groups is 13. The Morgan fingerprint density at radius 3 is 1.41 bits per heavy atom. The van der Waals surface area contributed by atoms with E-state index in [1.54, 1.807) is 86.3 Å². The molecule has 0 aromatic heterocycles. The van der Waals surface area contributed by atoms with Gasteiger partial charge in [0.1, 0.15) is 61.0 Å². The van der Waals surface area contributed by atoms with Crippen LogP contribution in [0.5, 0.6) is 0 Å². The number of nitrogens with zero attached hydrogens (tertiary/aromatic N) is 8. The first kappa shape index (κ1) is 88.9. The monoisotopic (exact) mass is 1470 g/mol. The molecule has 0 spiro atoms. The lowest BCUT2D eigenvalue weighted by Crippen LogP contribution is -2.62. The number of hydrogen-bond donors (Lipinski definition) is 6. The van der Waals surface area contributed by atoms with Gasteiger partial charge in [-0.1, -0.05) is 136 Å². The fourth-order valence-electron chi connectivity index (χ4n) is 13.1. The molecule has 4 rings (SSSR count). The van der Waals surface area contributed by atoms with Crippen LogP contribution in [0.4, 0.5) is 0 Å². The largest absolute Gasteiger partial charge is 0.391 e. The predicted octanol–water partition coefficient (Wildman–Crippen LogP) is 3.16. The van der Waals surface area contributed by atoms with Crippen LogP contribution in [0.15, 0.2) is 60.7 Å². The molecule has 586 valence electrons. The van der Waals surface area contributed by atoms with Crippen molar-refractivity contribution in [2.24, 2.45) is 23.7 Å². The number of benzene rings is 2. The molecule has 28 heteroatoms. The van der Waals surface area contributed by atoms with Gasteiger partial charge in [-0.3, -0.25) is 62.3 Å². The van der Waals surface area contributed by atoms with E-state index >= 15 is 38.4 Å². The van der Waals surface area contributed by atoms with Crippen molar-refractivity contribution < 1.29 is 72.2 Å². The second kappa shape index (κ2) is 43.8. The van der Waals surface area contributed by atoms with Crippen LogP contribution in [0.2, 0.25) is 0 Å². The fourth-order valence-corrected chi connectivity index (χ4v) is 13.1. The molecule has 28 nitrogen and oxygen atoms in total. The third-order valence-electron chi connectivity index (χ3n) is 19.3. The van der Waals surface area contributed by atoms with Crippen molar-refractivity contribution >= 4 is 76.8 Å². The van der Waals surface area contributed by atoms with Crippen molar-refractivity contribution in [3.8, 4) is 0 Å². The number of nitrogens with one attached hydrogen (secondary N) is 5. The summed E-state index contributed by atoms with van der Waals surface area (Å²) in [5.41, 5.74) is 1.24. The molecule has 2 aromatic carbocycles. The first-order valence-electron chi connectivity index (χ1n) is 37.5. The van der Waals surface area contributed by atoms with E-state index in [4.69, 9.17) is 4.74 Å². The van der Waals surface area contributed by atoms with E-state index in [1.165, 1.54) is 68.8 Å². The van der Waals surface area contributed by atoms with Crippen molar-refractivity contribution in [3.05, 3.63) is 71.8 Å². The molecule has 6 N–H and O–H groups in total. The number of ether oxygens (including phenoxy) is 1. The highest BCUT2D eigenvalue weighted by molar-refractivity contribution is 6.00. The highest BCUT2D eigenvalue weighted by Crippen LogP contribution is 2.23. The number of rotatable bonds is 23. The second-order valence-electron chi connectivity index (χ2n) is 30.0. The molecule has 13 amide bonds. The van der Waals surface area contributed by atoms with E-state index in [-0.39, 0.29) is 75.3 Å². The Bertz CT molecular complexity index is 3200. The van der Waals surface area contributed by atoms with Crippen LogP contribution in [-0.2, 0) is 79.9 Å². The Balaban J connectivity index is 2.03. The summed E-state index contributed by atoms with van der Waals surface area (Å²) in [5, 5.41) is 25.2. The van der Waals surface area contributed by atoms with Gasteiger partial charge in [-0.15, -0.1) is 0 Å². The smallest absolute Gasteiger partial charge is 0.248 e. The van der Waals surface area contributed by atoms with E-state index < -0.39 is 170 Å². The standard InChI is InChI=1S/C77H123N13O15/c1-18-20-35-89-45-66(94)83(13)62(42-54-30-24-21-25-31-54)71(98)81-58(47-105-48-64(92)78-12)74(101)86(16)61(41-52(9)10)72(99)82-68(53(11)91)77(104)90(34-19-2)46-67(95)84(14)63(43-55-32-26-22-27-33-55)76(103)87(17)60(40-51(7)8)70(97)79-56(38-49(3)4)73(100)85(15)59(39-50(5)6)69(96)80-57(44-65(89)93)75(102)88-36-28-23-29-37-88/h21-22,24-27,30-33,49-53,56-63,68,91H,18-20,23,28-29,34-48H2,1-17H3,(H,78,92)(H,79,97)(H,80,96)(H,81,98)(H,82,99)/t53-,56+,57+,58+,59+,60+,61+,62+,63+,68+/m1/s1. The summed E-state index contributed by atoms with van der Waals surface area (Å²) >= 11 is 0. The van der Waals surface area contributed by atoms with Gasteiger partial charge in [-0.05, 0) is 99.5 Å². The van der Waals surface area contributed by atoms with Gasteiger partial charge in [0, 0.05) is 81.3 Å². The third-order valence-corrected chi connectivity index (χ3v) is 19.3. The first-order chi connectivity index (χ1) is 49.6. The Morgan fingerprint density at radius 2 is 0.933 bits per heavy atom. The zero-order chi connectivity index (χ0) is 78.5. The van der Waals surface area contributed by atoms with Gasteiger partial charge >= 0.3 is 0 Å². The molecule has 2 heterocycles. The Morgan fingerprint density at radius 1 is 0.495 bits per heavy atom. The fraction of sp³-hybridized carbons (Fsp3) is 0.675. The van der Waals surface area contributed by atoms with Crippen LogP contribution in [-0.4, -0.2) is 276 Å². The molecular weight excluding hydrogens is 1350 g/mol. The van der Waals surface area contributed by atoms with Gasteiger partial charge in [-0.25, -0.2) is 0 Å². The zero-order valence-corrected chi connectivity index (χ0v) is 65.4. The summed E-state index contributed by atoms with van der Waals surface area (Å²) in [6.45, 7) is 17.9. The minimum atomic E-state index is -1.72. The van der Waals surface area contributed by atoms with Crippen molar-refractivity contribution in [1.29, 1.82) is 0 Å². The highest BCUT2D eigenvalue weighted by atomic mass is 16.5. The molecule has 2 aliphatic heterocycles. The van der Waals surface area contributed by atoms with E-state index in [9.17, 15) is 29.1 Å². The van der Waals surface area contributed by atoms with Crippen molar-refractivity contribution in [2.45, 2.75) is 220 Å². The molecule has 0 bridgehead atoms. The van der Waals surface area contributed by atoms with Gasteiger partial charge in [0.25, 0.3) is 0 Å². The second-order valence-corrected chi connectivity index (χ2v) is 30.0. The number of likely N-dealkylation sites (tertiary alicyclic amines) is 1. The van der Waals surface area contributed by atoms with Crippen molar-refractivity contribution in [1.82, 2.24) is 65.8 Å². The van der Waals surface area contributed by atoms with Gasteiger partial charge in [-0.2, -0.15) is 0 Å². The average Bonchev–Trinajstić information content (AvgIpc) is 0.803. The van der Waals surface area contributed by atoms with Gasteiger partial charge in [0.05, 0.1) is 32.2 Å². The number of piperidine rings is 1. The van der Waals surface area contributed by atoms with Crippen LogP contribution in [0.1, 0.15) is 158 Å². The topological polar surface area (TPSA) is 337 Å². The Kier molecular flexibility index (Phi) is 37.1. The Hall–Kier alpha value is -8.53. The summed E-state index contributed by atoms with van der Waals surface area (Å²) < 4.78 is 5.75. The SMILES string of the molecule is CCCCN1CC(=O)N(C)[C@@H](Cc2ccccc2)C(=O)N[C@@H](COCC(=O)NC)C(=O)N(C)[C@@H](CC(C)C)C(=O)N[C@@H]([C@@H](C)O)C(=O)N(CCC)CC(=O)N(C)[C@@H](Cc2ccccc2)C(=O)N(C)[C@@H](CC(C)C)C(=O)N[C@@H](CC(C)C)C(=O)N(C)[C@@H](CC(C)C)C(=O)N[C@H](C(=O)N2CCCCC2)CC1=O. The van der Waals surface area contributed by atoms with Crippen molar-refractivity contribution in [2.75, 3.05) is 94.8 Å². The zero-order valence-electron chi connectivity index (χ0n) is 65.4. The highest BCUT2D eigenvalue weighted by Gasteiger charge is 2.43. The lowest BCUT2D eigenvalue weighted by molar-refractivity contribution is -0.151. The van der Waals surface area contributed by atoms with Crippen LogP contribution in [0.25, 0.3) is 0 Å². The van der Waals surface area contributed by atoms with E-state index in [2.05, 4.69) is 26.6 Å². The molecular formula is C77H123N13O15. The molecule has 0 saturated carbocycles. The lowest BCUT2D eigenvalue weighted by atomic mass is 9.96. The molecule has 2 aliphatic rings. The normalized spacial score (nSPS) is 23.6. The van der Waals surface area contributed by atoms with E-state index in [1.807, 2.05) is 48.5 Å². The van der Waals surface area contributed by atoms with Gasteiger partial charge in [0.15, 0.2) is 0 Å². The number of unbranched alkanes of at least 4 members (excludes halogenated alkanes) is 1. The quantitative estimate of drug-likeness (QED) is 0.0931. The number of aliphatic hydroxyl groups is 1.